The summed E-state index contributed by atoms with van der Waals surface area (Å²) in [7, 11) is 0. The molecule has 2 atom stereocenters. The summed E-state index contributed by atoms with van der Waals surface area (Å²) in [6.45, 7) is 2.65. The molecule has 142 valence electrons. The lowest BCUT2D eigenvalue weighted by atomic mass is 10.1. The zero-order valence-electron chi connectivity index (χ0n) is 14.2. The van der Waals surface area contributed by atoms with Gasteiger partial charge in [-0.05, 0) is 24.6 Å². The third-order valence-electron chi connectivity index (χ3n) is 4.10. The number of carbonyl (C=O) groups is 3. The highest BCUT2D eigenvalue weighted by Gasteiger charge is 2.43. The molecule has 26 heavy (non-hydrogen) atoms. The Morgan fingerprint density at radius 3 is 2.65 bits per heavy atom. The van der Waals surface area contributed by atoms with Gasteiger partial charge < -0.3 is 20.1 Å². The van der Waals surface area contributed by atoms with Gasteiger partial charge in [-0.25, -0.2) is 4.79 Å². The van der Waals surface area contributed by atoms with E-state index >= 15 is 0 Å². The van der Waals surface area contributed by atoms with Crippen molar-refractivity contribution in [3.05, 3.63) is 33.8 Å². The fourth-order valence-corrected chi connectivity index (χ4v) is 3.07. The number of nitrogens with one attached hydrogen (secondary N) is 1. The average molecular weight is 403 g/mol. The standard InChI is InChI=1S/C17H20Cl2N2O5/c1-2-3-4-7-21-9-13(26-17(24)25)14(16(21)23)20-15(22)10-5-6-11(18)12(19)8-10/h5-6,8,13-14H,2-4,7,9H2,1H3,(H,20,22)(H,24,25)/t13-,14-/m0/s1. The molecule has 0 unspecified atom stereocenters. The summed E-state index contributed by atoms with van der Waals surface area (Å²) in [5.41, 5.74) is 0.214. The third kappa shape index (κ3) is 5.02. The molecule has 7 nitrogen and oxygen atoms in total. The van der Waals surface area contributed by atoms with E-state index in [4.69, 9.17) is 33.0 Å². The molecule has 9 heteroatoms. The number of halogens is 2. The maximum atomic E-state index is 12.6. The van der Waals surface area contributed by atoms with Crippen LogP contribution in [0.25, 0.3) is 0 Å². The lowest BCUT2D eigenvalue weighted by Crippen LogP contribution is -2.47. The van der Waals surface area contributed by atoms with Crippen LogP contribution in [0.1, 0.15) is 36.5 Å². The lowest BCUT2D eigenvalue weighted by Gasteiger charge is -2.17. The van der Waals surface area contributed by atoms with Gasteiger partial charge in [0.1, 0.15) is 6.04 Å². The molecule has 2 N–H and O–H groups in total. The molecule has 0 aromatic heterocycles. The van der Waals surface area contributed by atoms with Crippen molar-refractivity contribution in [2.75, 3.05) is 13.1 Å². The predicted octanol–water partition coefficient (Wildman–Crippen LogP) is 3.19. The van der Waals surface area contributed by atoms with Crippen LogP contribution in [0.4, 0.5) is 4.79 Å². The van der Waals surface area contributed by atoms with Crippen LogP contribution in [0.2, 0.25) is 10.0 Å². The van der Waals surface area contributed by atoms with E-state index < -0.39 is 24.2 Å². The lowest BCUT2D eigenvalue weighted by molar-refractivity contribution is -0.129. The molecular formula is C17H20Cl2N2O5. The van der Waals surface area contributed by atoms with Gasteiger partial charge in [0, 0.05) is 12.1 Å². The highest BCUT2D eigenvalue weighted by Crippen LogP contribution is 2.23. The first-order chi connectivity index (χ1) is 12.3. The monoisotopic (exact) mass is 402 g/mol. The van der Waals surface area contributed by atoms with Crippen LogP contribution in [0.3, 0.4) is 0 Å². The molecule has 1 heterocycles. The molecule has 0 radical (unpaired) electrons. The van der Waals surface area contributed by atoms with Gasteiger partial charge in [0.15, 0.2) is 6.10 Å². The summed E-state index contributed by atoms with van der Waals surface area (Å²) in [4.78, 5) is 37.4. The van der Waals surface area contributed by atoms with Crippen LogP contribution in [-0.4, -0.2) is 53.2 Å². The first-order valence-corrected chi connectivity index (χ1v) is 9.03. The van der Waals surface area contributed by atoms with Gasteiger partial charge in [0.05, 0.1) is 16.6 Å². The van der Waals surface area contributed by atoms with Crippen LogP contribution in [0.5, 0.6) is 0 Å². The molecule has 2 rings (SSSR count). The molecule has 1 fully saturated rings. The predicted molar refractivity (Wildman–Crippen MR) is 96.7 cm³/mol. The van der Waals surface area contributed by atoms with Gasteiger partial charge >= 0.3 is 6.16 Å². The summed E-state index contributed by atoms with van der Waals surface area (Å²) >= 11 is 11.7. The minimum absolute atomic E-state index is 0.112. The van der Waals surface area contributed by atoms with Gasteiger partial charge in [0.25, 0.3) is 5.91 Å². The number of rotatable bonds is 7. The summed E-state index contributed by atoms with van der Waals surface area (Å²) in [6.07, 6.45) is 0.291. The van der Waals surface area contributed by atoms with E-state index in [9.17, 15) is 14.4 Å². The van der Waals surface area contributed by atoms with E-state index in [0.717, 1.165) is 19.3 Å². The second kappa shape index (κ2) is 9.09. The van der Waals surface area contributed by atoms with Crippen LogP contribution >= 0.6 is 23.2 Å². The number of ether oxygens (including phenoxy) is 1. The molecule has 1 aliphatic rings. The number of likely N-dealkylation sites (tertiary alicyclic amines) is 1. The summed E-state index contributed by atoms with van der Waals surface area (Å²) in [5.74, 6) is -0.919. The third-order valence-corrected chi connectivity index (χ3v) is 4.84. The number of amides is 2. The Morgan fingerprint density at radius 1 is 1.31 bits per heavy atom. The molecule has 1 aromatic rings. The Hall–Kier alpha value is -1.99. The molecule has 1 aromatic carbocycles. The number of hydrogen-bond donors (Lipinski definition) is 2. The molecule has 1 aliphatic heterocycles. The van der Waals surface area contributed by atoms with Gasteiger partial charge in [-0.3, -0.25) is 9.59 Å². The normalized spacial score (nSPS) is 19.5. The number of carbonyl (C=O) groups excluding carboxylic acids is 2. The van der Waals surface area contributed by atoms with Gasteiger partial charge in [-0.2, -0.15) is 0 Å². The molecule has 2 amide bonds. The van der Waals surface area contributed by atoms with Gasteiger partial charge in [-0.1, -0.05) is 43.0 Å². The maximum Gasteiger partial charge on any atom is 0.506 e. The van der Waals surface area contributed by atoms with Crippen LogP contribution in [0, 0.1) is 0 Å². The number of hydrogen-bond acceptors (Lipinski definition) is 4. The summed E-state index contributed by atoms with van der Waals surface area (Å²) < 4.78 is 4.80. The number of nitrogens with zero attached hydrogens (tertiary/aromatic N) is 1. The zero-order chi connectivity index (χ0) is 19.3. The molecular weight excluding hydrogens is 383 g/mol. The average Bonchev–Trinajstić information content (AvgIpc) is 2.86. The minimum atomic E-state index is -1.49. The van der Waals surface area contributed by atoms with Crippen molar-refractivity contribution in [2.24, 2.45) is 0 Å². The number of unbranched alkanes of at least 4 members (excludes halogenated alkanes) is 2. The zero-order valence-corrected chi connectivity index (χ0v) is 15.7. The Bertz CT molecular complexity index is 698. The van der Waals surface area contributed by atoms with Crippen molar-refractivity contribution in [3.63, 3.8) is 0 Å². The molecule has 0 saturated carbocycles. The second-order valence-electron chi connectivity index (χ2n) is 5.99. The second-order valence-corrected chi connectivity index (χ2v) is 6.81. The molecule has 1 saturated heterocycles. The first-order valence-electron chi connectivity index (χ1n) is 8.27. The van der Waals surface area contributed by atoms with Crippen molar-refractivity contribution >= 4 is 41.2 Å². The van der Waals surface area contributed by atoms with E-state index in [1.54, 1.807) is 0 Å². The Balaban J connectivity index is 2.11. The summed E-state index contributed by atoms with van der Waals surface area (Å²) in [6, 6.07) is 3.24. The van der Waals surface area contributed by atoms with Crippen LogP contribution in [0.15, 0.2) is 18.2 Å². The Labute approximate surface area is 161 Å². The Morgan fingerprint density at radius 2 is 2.04 bits per heavy atom. The smallest absolute Gasteiger partial charge is 0.450 e. The fraction of sp³-hybridized carbons (Fsp3) is 0.471. The number of benzene rings is 1. The van der Waals surface area contributed by atoms with E-state index in [-0.39, 0.29) is 23.0 Å². The molecule has 0 aliphatic carbocycles. The van der Waals surface area contributed by atoms with Crippen molar-refractivity contribution in [3.8, 4) is 0 Å². The number of carboxylic acid groups (broad SMARTS) is 1. The van der Waals surface area contributed by atoms with E-state index in [1.807, 2.05) is 6.92 Å². The SMILES string of the molecule is CCCCCN1C[C@H](OC(=O)O)[C@H](NC(=O)c2ccc(Cl)c(Cl)c2)C1=O. The highest BCUT2D eigenvalue weighted by atomic mass is 35.5. The molecule has 0 bridgehead atoms. The van der Waals surface area contributed by atoms with Gasteiger partial charge in [0.2, 0.25) is 5.91 Å². The first kappa shape index (κ1) is 20.3. The van der Waals surface area contributed by atoms with Crippen LogP contribution < -0.4 is 5.32 Å². The van der Waals surface area contributed by atoms with Crippen molar-refractivity contribution < 1.29 is 24.2 Å². The van der Waals surface area contributed by atoms with Crippen molar-refractivity contribution in [1.82, 2.24) is 10.2 Å². The Kier molecular flexibility index (Phi) is 7.11. The highest BCUT2D eigenvalue weighted by molar-refractivity contribution is 6.42. The van der Waals surface area contributed by atoms with E-state index in [0.29, 0.717) is 11.6 Å². The quantitative estimate of drug-likeness (QED) is 0.539. The van der Waals surface area contributed by atoms with E-state index in [2.05, 4.69) is 5.32 Å². The van der Waals surface area contributed by atoms with Crippen molar-refractivity contribution in [1.29, 1.82) is 0 Å². The summed E-state index contributed by atoms with van der Waals surface area (Å²) in [5, 5.41) is 12.0. The molecule has 0 spiro atoms. The van der Waals surface area contributed by atoms with Crippen molar-refractivity contribution in [2.45, 2.75) is 38.3 Å². The van der Waals surface area contributed by atoms with Crippen LogP contribution in [-0.2, 0) is 9.53 Å². The largest absolute Gasteiger partial charge is 0.506 e. The minimum Gasteiger partial charge on any atom is -0.450 e. The van der Waals surface area contributed by atoms with E-state index in [1.165, 1.54) is 23.1 Å². The topological polar surface area (TPSA) is 95.9 Å². The van der Waals surface area contributed by atoms with Gasteiger partial charge in [-0.15, -0.1) is 0 Å². The maximum absolute atomic E-state index is 12.6. The fourth-order valence-electron chi connectivity index (χ4n) is 2.77.